The van der Waals surface area contributed by atoms with Crippen LogP contribution in [0.1, 0.15) is 12.8 Å². The molecule has 2 atom stereocenters. The van der Waals surface area contributed by atoms with E-state index in [0.29, 0.717) is 26.3 Å². The quantitative estimate of drug-likeness (QED) is 0.352. The Bertz CT molecular complexity index is 466. The molecule has 2 aliphatic rings. The third-order valence-corrected chi connectivity index (χ3v) is 12.5. The van der Waals surface area contributed by atoms with Crippen molar-refractivity contribution >= 4 is 25.7 Å². The fraction of sp³-hybridized carbons (Fsp3) is 0.667. The average Bonchev–Trinajstić information content (AvgIpc) is 2.92. The summed E-state index contributed by atoms with van der Waals surface area (Å²) < 4.78 is 23.7. The predicted octanol–water partition coefficient (Wildman–Crippen LogP) is -0.473. The van der Waals surface area contributed by atoms with Gasteiger partial charge in [0, 0.05) is 13.2 Å². The minimum Gasteiger partial charge on any atom is -0.387 e. The maximum absolute atomic E-state index is 6.07. The minimum absolute atomic E-state index is 0.563. The van der Waals surface area contributed by atoms with Crippen molar-refractivity contribution in [2.75, 3.05) is 26.3 Å². The molecule has 0 saturated heterocycles. The fourth-order valence-corrected chi connectivity index (χ4v) is 13.0. The third kappa shape index (κ3) is 4.26. The van der Waals surface area contributed by atoms with Crippen LogP contribution in [0.25, 0.3) is 0 Å². The van der Waals surface area contributed by atoms with E-state index >= 15 is 0 Å². The first-order valence-corrected chi connectivity index (χ1v) is 13.6. The van der Waals surface area contributed by atoms with Crippen LogP contribution in [0.4, 0.5) is 0 Å². The molecule has 0 aromatic carbocycles. The molecule has 0 aromatic rings. The van der Waals surface area contributed by atoms with Gasteiger partial charge in [-0.25, -0.2) is 0 Å². The Hall–Kier alpha value is -0.469. The second kappa shape index (κ2) is 6.75. The van der Waals surface area contributed by atoms with Crippen LogP contribution in [0.15, 0.2) is 0 Å². The molecule has 4 N–H and O–H groups in total. The van der Waals surface area contributed by atoms with Crippen LogP contribution in [0.3, 0.4) is 0 Å². The molecule has 6 nitrogen and oxygen atoms in total. The predicted molar refractivity (Wildman–Crippen MR) is 86.0 cm³/mol. The van der Waals surface area contributed by atoms with Crippen molar-refractivity contribution in [3.63, 3.8) is 0 Å². The zero-order chi connectivity index (χ0) is 15.4. The molecule has 0 amide bonds. The van der Waals surface area contributed by atoms with E-state index in [-0.39, 0.29) is 0 Å². The molecule has 116 valence electrons. The van der Waals surface area contributed by atoms with E-state index in [2.05, 4.69) is 22.2 Å². The van der Waals surface area contributed by atoms with Crippen LogP contribution in [0, 0.1) is 22.2 Å². The Morgan fingerprint density at radius 1 is 0.810 bits per heavy atom. The van der Waals surface area contributed by atoms with Gasteiger partial charge >= 0.3 is 25.7 Å². The number of rotatable bonds is 8. The van der Waals surface area contributed by atoms with Gasteiger partial charge in [-0.1, -0.05) is 22.2 Å². The first kappa shape index (κ1) is 16.9. The summed E-state index contributed by atoms with van der Waals surface area (Å²) in [5, 5.41) is 0. The lowest BCUT2D eigenvalue weighted by molar-refractivity contribution is 0.221. The van der Waals surface area contributed by atoms with Crippen LogP contribution in [-0.2, 0) is 17.1 Å². The van der Waals surface area contributed by atoms with Gasteiger partial charge in [0.2, 0.25) is 0 Å². The molecule has 0 aliphatic carbocycles. The van der Waals surface area contributed by atoms with Crippen molar-refractivity contribution in [2.45, 2.75) is 25.9 Å². The topological polar surface area (TPSA) is 89.0 Å². The van der Waals surface area contributed by atoms with Gasteiger partial charge in [0.1, 0.15) is 0 Å². The Morgan fingerprint density at radius 2 is 1.24 bits per heavy atom. The van der Waals surface area contributed by atoms with E-state index in [9.17, 15) is 0 Å². The van der Waals surface area contributed by atoms with Crippen LogP contribution >= 0.6 is 0 Å². The van der Waals surface area contributed by atoms with Gasteiger partial charge in [-0.3, -0.25) is 0 Å². The molecule has 2 rings (SSSR count). The average molecular weight is 343 g/mol. The van der Waals surface area contributed by atoms with Gasteiger partial charge in [-0.2, -0.15) is 0 Å². The van der Waals surface area contributed by atoms with Gasteiger partial charge in [-0.15, -0.1) is 0 Å². The standard InChI is InChI=1S/C12H22N2O4Si3/c1-19(15-7-3-5-13)9-11-21(17-19)12-10-20(2,18-21)16-8-4-6-14/h3-8,13-14H2,1-2H3. The molecule has 0 saturated carbocycles. The first-order chi connectivity index (χ1) is 9.95. The summed E-state index contributed by atoms with van der Waals surface area (Å²) in [7, 11) is -7.77. The highest BCUT2D eigenvalue weighted by atomic mass is 28.5. The smallest absolute Gasteiger partial charge is 0.387 e. The molecule has 2 unspecified atom stereocenters. The summed E-state index contributed by atoms with van der Waals surface area (Å²) in [4.78, 5) is 0. The van der Waals surface area contributed by atoms with E-state index < -0.39 is 25.7 Å². The zero-order valence-electron chi connectivity index (χ0n) is 12.5. The highest BCUT2D eigenvalue weighted by Gasteiger charge is 2.57. The summed E-state index contributed by atoms with van der Waals surface area (Å²) in [6.07, 6.45) is 1.59. The summed E-state index contributed by atoms with van der Waals surface area (Å²) in [6.45, 7) is 6.17. The molecule has 0 bridgehead atoms. The van der Waals surface area contributed by atoms with Gasteiger partial charge < -0.3 is 28.5 Å². The van der Waals surface area contributed by atoms with E-state index in [4.69, 9.17) is 28.5 Å². The van der Waals surface area contributed by atoms with Crippen molar-refractivity contribution < 1.29 is 17.1 Å². The maximum atomic E-state index is 6.07. The molecule has 2 heterocycles. The molecule has 21 heavy (non-hydrogen) atoms. The Kier molecular flexibility index (Phi) is 5.43. The summed E-state index contributed by atoms with van der Waals surface area (Å²) in [5.41, 5.74) is 23.4. The van der Waals surface area contributed by atoms with Crippen molar-refractivity contribution in [2.24, 2.45) is 11.5 Å². The van der Waals surface area contributed by atoms with Gasteiger partial charge in [0.05, 0.1) is 0 Å². The van der Waals surface area contributed by atoms with Crippen molar-refractivity contribution in [1.82, 2.24) is 0 Å². The Balaban J connectivity index is 1.91. The maximum Gasteiger partial charge on any atom is 0.493 e. The monoisotopic (exact) mass is 342 g/mol. The van der Waals surface area contributed by atoms with Crippen LogP contribution in [0.2, 0.25) is 13.1 Å². The minimum atomic E-state index is -2.77. The zero-order valence-corrected chi connectivity index (χ0v) is 15.5. The highest BCUT2D eigenvalue weighted by molar-refractivity contribution is 7.04. The molecule has 0 radical (unpaired) electrons. The van der Waals surface area contributed by atoms with Crippen LogP contribution in [-0.4, -0.2) is 52.0 Å². The lowest BCUT2D eigenvalue weighted by atomic mass is 10.5. The number of hydrogen-bond donors (Lipinski definition) is 2. The summed E-state index contributed by atoms with van der Waals surface area (Å²) in [6, 6.07) is 0. The molecule has 1 spiro atoms. The van der Waals surface area contributed by atoms with E-state index in [1.54, 1.807) is 0 Å². The molecule has 0 aromatic heterocycles. The highest BCUT2D eigenvalue weighted by Crippen LogP contribution is 2.28. The van der Waals surface area contributed by atoms with Gasteiger partial charge in [0.15, 0.2) is 0 Å². The second-order valence-electron chi connectivity index (χ2n) is 5.19. The Morgan fingerprint density at radius 3 is 1.62 bits per heavy atom. The normalized spacial score (nSPS) is 36.4. The lowest BCUT2D eigenvalue weighted by Crippen LogP contribution is -2.51. The summed E-state index contributed by atoms with van der Waals surface area (Å²) in [5.74, 6) is 0. The molecule has 2 aliphatic heterocycles. The SMILES string of the molecule is C[Si]1(OCCCN)C#C[Si]2(C#C[Si](C)(OCCCN)O2)O1. The fourth-order valence-electron chi connectivity index (χ4n) is 1.98. The molecule has 0 fully saturated rings. The van der Waals surface area contributed by atoms with E-state index in [0.717, 1.165) is 12.8 Å². The van der Waals surface area contributed by atoms with Gasteiger partial charge in [-0.05, 0) is 39.0 Å². The van der Waals surface area contributed by atoms with Crippen molar-refractivity contribution in [1.29, 1.82) is 0 Å². The van der Waals surface area contributed by atoms with E-state index in [1.165, 1.54) is 0 Å². The largest absolute Gasteiger partial charge is 0.493 e. The van der Waals surface area contributed by atoms with E-state index in [1.807, 2.05) is 13.1 Å². The molecular weight excluding hydrogens is 320 g/mol. The lowest BCUT2D eigenvalue weighted by Gasteiger charge is -2.27. The first-order valence-electron chi connectivity index (χ1n) is 7.12. The van der Waals surface area contributed by atoms with Crippen molar-refractivity contribution in [3.05, 3.63) is 0 Å². The molecule has 9 heteroatoms. The molecular formula is C12H22N2O4Si3. The Labute approximate surface area is 129 Å². The van der Waals surface area contributed by atoms with Crippen LogP contribution in [0.5, 0.6) is 0 Å². The number of hydrogen-bond acceptors (Lipinski definition) is 6. The summed E-state index contributed by atoms with van der Waals surface area (Å²) >= 11 is 0. The second-order valence-corrected chi connectivity index (χ2v) is 13.4. The third-order valence-electron chi connectivity index (χ3n) is 3.04. The van der Waals surface area contributed by atoms with Gasteiger partial charge in [0.25, 0.3) is 0 Å². The van der Waals surface area contributed by atoms with Crippen molar-refractivity contribution in [3.8, 4) is 22.2 Å². The van der Waals surface area contributed by atoms with Crippen LogP contribution < -0.4 is 11.5 Å². The number of nitrogens with two attached hydrogens (primary N) is 2.